The minimum atomic E-state index is -0.324. The molecule has 0 atom stereocenters. The van der Waals surface area contributed by atoms with Crippen LogP contribution in [0.2, 0.25) is 0 Å². The number of hydrogen-bond donors (Lipinski definition) is 1. The molecule has 0 aliphatic rings. The van der Waals surface area contributed by atoms with Crippen molar-refractivity contribution in [3.63, 3.8) is 0 Å². The Morgan fingerprint density at radius 3 is 2.61 bits per heavy atom. The minimum Gasteiger partial charge on any atom is -0.462 e. The van der Waals surface area contributed by atoms with Crippen molar-refractivity contribution in [1.82, 2.24) is 4.98 Å². The summed E-state index contributed by atoms with van der Waals surface area (Å²) in [5.41, 5.74) is 1.63. The molecule has 0 spiro atoms. The van der Waals surface area contributed by atoms with Gasteiger partial charge in [0, 0.05) is 12.7 Å². The second-order valence-corrected chi connectivity index (χ2v) is 5.52. The van der Waals surface area contributed by atoms with Crippen LogP contribution in [0.25, 0.3) is 0 Å². The molecular formula is C14H22N2O2. The summed E-state index contributed by atoms with van der Waals surface area (Å²) in [6.07, 6.45) is 1.55. The van der Waals surface area contributed by atoms with Crippen LogP contribution in [0, 0.1) is 12.3 Å². The molecule has 1 aromatic heterocycles. The quantitative estimate of drug-likeness (QED) is 0.834. The number of nitrogens with zero attached hydrogens (tertiary/aromatic N) is 1. The van der Waals surface area contributed by atoms with E-state index in [0.717, 1.165) is 17.9 Å². The van der Waals surface area contributed by atoms with Crippen molar-refractivity contribution in [1.29, 1.82) is 0 Å². The van der Waals surface area contributed by atoms with E-state index in [-0.39, 0.29) is 11.4 Å². The van der Waals surface area contributed by atoms with Gasteiger partial charge in [-0.1, -0.05) is 20.8 Å². The summed E-state index contributed by atoms with van der Waals surface area (Å²) in [7, 11) is 0. The van der Waals surface area contributed by atoms with Gasteiger partial charge in [-0.25, -0.2) is 9.78 Å². The summed E-state index contributed by atoms with van der Waals surface area (Å²) in [6.45, 7) is 11.4. The highest BCUT2D eigenvalue weighted by Gasteiger charge is 2.13. The van der Waals surface area contributed by atoms with Gasteiger partial charge in [-0.2, -0.15) is 0 Å². The van der Waals surface area contributed by atoms with Crippen LogP contribution in [0.3, 0.4) is 0 Å². The Hall–Kier alpha value is -1.58. The molecule has 0 fully saturated rings. The summed E-state index contributed by atoms with van der Waals surface area (Å²) in [6, 6.07) is 1.80. The Bertz CT molecular complexity index is 422. The van der Waals surface area contributed by atoms with Crippen molar-refractivity contribution < 1.29 is 9.53 Å². The summed E-state index contributed by atoms with van der Waals surface area (Å²) in [5, 5.41) is 3.29. The van der Waals surface area contributed by atoms with E-state index in [2.05, 4.69) is 31.1 Å². The van der Waals surface area contributed by atoms with E-state index < -0.39 is 0 Å². The van der Waals surface area contributed by atoms with E-state index in [0.29, 0.717) is 12.2 Å². The van der Waals surface area contributed by atoms with Crippen LogP contribution in [0.1, 0.15) is 43.6 Å². The molecule has 1 aromatic rings. The highest BCUT2D eigenvalue weighted by atomic mass is 16.5. The number of esters is 1. The summed E-state index contributed by atoms with van der Waals surface area (Å²) in [5.74, 6) is 0.494. The van der Waals surface area contributed by atoms with Crippen molar-refractivity contribution in [2.75, 3.05) is 18.5 Å². The average molecular weight is 250 g/mol. The zero-order valence-corrected chi connectivity index (χ0v) is 11.8. The zero-order chi connectivity index (χ0) is 13.8. The number of ether oxygens (including phenoxy) is 1. The molecule has 4 heteroatoms. The molecule has 0 aliphatic heterocycles. The van der Waals surface area contributed by atoms with E-state index in [1.807, 2.05) is 6.92 Å². The first kappa shape index (κ1) is 14.5. The number of carbonyl (C=O) groups is 1. The molecule has 0 aromatic carbocycles. The molecule has 1 N–H and O–H groups in total. The monoisotopic (exact) mass is 250 g/mol. The van der Waals surface area contributed by atoms with Crippen molar-refractivity contribution >= 4 is 11.8 Å². The fraction of sp³-hybridized carbons (Fsp3) is 0.571. The summed E-state index contributed by atoms with van der Waals surface area (Å²) >= 11 is 0. The molecule has 0 amide bonds. The predicted octanol–water partition coefficient (Wildman–Crippen LogP) is 3.02. The van der Waals surface area contributed by atoms with Crippen molar-refractivity contribution in [2.24, 2.45) is 5.41 Å². The smallest absolute Gasteiger partial charge is 0.339 e. The number of rotatable bonds is 4. The summed E-state index contributed by atoms with van der Waals surface area (Å²) < 4.78 is 4.94. The molecule has 0 bridgehead atoms. The van der Waals surface area contributed by atoms with Crippen LogP contribution in [-0.4, -0.2) is 24.1 Å². The van der Waals surface area contributed by atoms with Crippen molar-refractivity contribution in [3.05, 3.63) is 23.4 Å². The SMILES string of the molecule is CCOC(=O)c1cnc(NCC(C)(C)C)c(C)c1. The van der Waals surface area contributed by atoms with Gasteiger partial charge in [-0.15, -0.1) is 0 Å². The molecular weight excluding hydrogens is 228 g/mol. The maximum absolute atomic E-state index is 11.5. The molecule has 1 heterocycles. The van der Waals surface area contributed by atoms with Crippen molar-refractivity contribution in [2.45, 2.75) is 34.6 Å². The van der Waals surface area contributed by atoms with Crippen LogP contribution in [0.15, 0.2) is 12.3 Å². The fourth-order valence-electron chi connectivity index (χ4n) is 1.43. The van der Waals surface area contributed by atoms with E-state index in [4.69, 9.17) is 4.74 Å². The molecule has 0 saturated heterocycles. The Morgan fingerprint density at radius 2 is 2.11 bits per heavy atom. The molecule has 0 aliphatic carbocycles. The largest absolute Gasteiger partial charge is 0.462 e. The third-order valence-corrected chi connectivity index (χ3v) is 2.38. The number of pyridine rings is 1. The van der Waals surface area contributed by atoms with E-state index in [1.165, 1.54) is 0 Å². The predicted molar refractivity (Wildman–Crippen MR) is 72.9 cm³/mol. The normalized spacial score (nSPS) is 11.2. The minimum absolute atomic E-state index is 0.188. The van der Waals surface area contributed by atoms with Crippen LogP contribution in [0.5, 0.6) is 0 Å². The Morgan fingerprint density at radius 1 is 1.44 bits per heavy atom. The van der Waals surface area contributed by atoms with E-state index in [9.17, 15) is 4.79 Å². The zero-order valence-electron chi connectivity index (χ0n) is 11.8. The topological polar surface area (TPSA) is 51.2 Å². The molecule has 0 saturated carbocycles. The van der Waals surface area contributed by atoms with Gasteiger partial charge < -0.3 is 10.1 Å². The number of aryl methyl sites for hydroxylation is 1. The number of anilines is 1. The van der Waals surface area contributed by atoms with Crippen LogP contribution < -0.4 is 5.32 Å². The highest BCUT2D eigenvalue weighted by Crippen LogP contribution is 2.17. The first-order chi connectivity index (χ1) is 8.33. The first-order valence-corrected chi connectivity index (χ1v) is 6.21. The Labute approximate surface area is 109 Å². The average Bonchev–Trinajstić information content (AvgIpc) is 2.26. The van der Waals surface area contributed by atoms with Gasteiger partial charge in [0.2, 0.25) is 0 Å². The molecule has 100 valence electrons. The molecule has 1 rings (SSSR count). The lowest BCUT2D eigenvalue weighted by Gasteiger charge is -2.20. The van der Waals surface area contributed by atoms with E-state index in [1.54, 1.807) is 19.2 Å². The Kier molecular flexibility index (Phi) is 4.70. The Balaban J connectivity index is 2.77. The highest BCUT2D eigenvalue weighted by molar-refractivity contribution is 5.89. The van der Waals surface area contributed by atoms with Crippen LogP contribution in [-0.2, 0) is 4.74 Å². The third-order valence-electron chi connectivity index (χ3n) is 2.38. The van der Waals surface area contributed by atoms with Crippen LogP contribution in [0.4, 0.5) is 5.82 Å². The van der Waals surface area contributed by atoms with Gasteiger partial charge in [0.15, 0.2) is 0 Å². The molecule has 0 radical (unpaired) electrons. The van der Waals surface area contributed by atoms with Gasteiger partial charge in [0.25, 0.3) is 0 Å². The third kappa shape index (κ3) is 4.35. The van der Waals surface area contributed by atoms with Gasteiger partial charge in [0.1, 0.15) is 5.82 Å². The maximum Gasteiger partial charge on any atom is 0.339 e. The van der Waals surface area contributed by atoms with Gasteiger partial charge in [-0.05, 0) is 30.9 Å². The second-order valence-electron chi connectivity index (χ2n) is 5.52. The standard InChI is InChI=1S/C14H22N2O2/c1-6-18-13(17)11-7-10(2)12(15-8-11)16-9-14(3,4)5/h7-8H,6,9H2,1-5H3,(H,15,16). The number of aromatic nitrogens is 1. The fourth-order valence-corrected chi connectivity index (χ4v) is 1.43. The second kappa shape index (κ2) is 5.85. The number of hydrogen-bond acceptors (Lipinski definition) is 4. The maximum atomic E-state index is 11.5. The molecule has 18 heavy (non-hydrogen) atoms. The van der Waals surface area contributed by atoms with E-state index >= 15 is 0 Å². The lowest BCUT2D eigenvalue weighted by molar-refractivity contribution is 0.0526. The molecule has 4 nitrogen and oxygen atoms in total. The van der Waals surface area contributed by atoms with Crippen molar-refractivity contribution in [3.8, 4) is 0 Å². The summed E-state index contributed by atoms with van der Waals surface area (Å²) in [4.78, 5) is 15.8. The number of nitrogens with one attached hydrogen (secondary N) is 1. The molecule has 0 unspecified atom stereocenters. The van der Waals surface area contributed by atoms with Gasteiger partial charge >= 0.3 is 5.97 Å². The van der Waals surface area contributed by atoms with Gasteiger partial charge in [-0.3, -0.25) is 0 Å². The lowest BCUT2D eigenvalue weighted by atomic mass is 9.97. The number of carbonyl (C=O) groups excluding carboxylic acids is 1. The first-order valence-electron chi connectivity index (χ1n) is 6.21. The lowest BCUT2D eigenvalue weighted by Crippen LogP contribution is -2.20. The van der Waals surface area contributed by atoms with Gasteiger partial charge in [0.05, 0.1) is 12.2 Å². The van der Waals surface area contributed by atoms with Crippen LogP contribution >= 0.6 is 0 Å².